The molecule has 38 heavy (non-hydrogen) atoms. The smallest absolute Gasteiger partial charge is 0.0249 e. The minimum absolute atomic E-state index is 1.00. The first kappa shape index (κ1) is 23.3. The summed E-state index contributed by atoms with van der Waals surface area (Å²) >= 11 is 0. The first-order valence-corrected chi connectivity index (χ1v) is 12.9. The average molecular weight is 483 g/mol. The molecule has 0 nitrogen and oxygen atoms in total. The molecule has 0 fully saturated rings. The van der Waals surface area contributed by atoms with Crippen molar-refractivity contribution in [2.24, 2.45) is 0 Å². The third-order valence-electron chi connectivity index (χ3n) is 6.77. The normalized spacial score (nSPS) is 10.4. The molecule has 0 saturated heterocycles. The number of hydrogen-bond donors (Lipinski definition) is 0. The van der Waals surface area contributed by atoms with Crippen molar-refractivity contribution in [1.82, 2.24) is 0 Å². The zero-order valence-electron chi connectivity index (χ0n) is 21.0. The molecule has 0 heteroatoms. The molecule has 6 rings (SSSR count). The minimum Gasteiger partial charge on any atom is -0.0622 e. The van der Waals surface area contributed by atoms with E-state index in [2.05, 4.69) is 170 Å². The lowest BCUT2D eigenvalue weighted by Gasteiger charge is -2.10. The van der Waals surface area contributed by atoms with Crippen molar-refractivity contribution in [3.05, 3.63) is 169 Å². The van der Waals surface area contributed by atoms with Gasteiger partial charge in [0.15, 0.2) is 0 Å². The van der Waals surface area contributed by atoms with E-state index in [4.69, 9.17) is 0 Å². The predicted octanol–water partition coefficient (Wildman–Crippen LogP) is 9.75. The first-order valence-electron chi connectivity index (χ1n) is 12.9. The Morgan fingerprint density at radius 1 is 0.237 bits per heavy atom. The molecule has 0 spiro atoms. The largest absolute Gasteiger partial charge is 0.0622 e. The summed E-state index contributed by atoms with van der Waals surface area (Å²) in [7, 11) is 0. The second kappa shape index (κ2) is 10.9. The highest BCUT2D eigenvalue weighted by Gasteiger charge is 2.07. The zero-order chi connectivity index (χ0) is 25.6. The number of rotatable bonds is 4. The average Bonchev–Trinajstić information content (AvgIpc) is 3.01. The van der Waals surface area contributed by atoms with Crippen LogP contribution in [0.25, 0.3) is 44.5 Å². The molecule has 0 amide bonds. The molecule has 0 unspecified atom stereocenters. The van der Waals surface area contributed by atoms with Crippen LogP contribution in [0.1, 0.15) is 11.1 Å². The fraction of sp³-hybridized carbons (Fsp3) is 0. The molecular weight excluding hydrogens is 456 g/mol. The van der Waals surface area contributed by atoms with Gasteiger partial charge in [0.1, 0.15) is 0 Å². The van der Waals surface area contributed by atoms with Crippen molar-refractivity contribution in [3.8, 4) is 56.3 Å². The van der Waals surface area contributed by atoms with E-state index in [0.717, 1.165) is 11.1 Å². The highest BCUT2D eigenvalue weighted by Crippen LogP contribution is 2.33. The van der Waals surface area contributed by atoms with Crippen LogP contribution >= 0.6 is 0 Å². The topological polar surface area (TPSA) is 0 Å². The zero-order valence-corrected chi connectivity index (χ0v) is 21.0. The van der Waals surface area contributed by atoms with Gasteiger partial charge in [0, 0.05) is 11.1 Å². The summed E-state index contributed by atoms with van der Waals surface area (Å²) in [6.07, 6.45) is 0. The monoisotopic (exact) mass is 482 g/mol. The van der Waals surface area contributed by atoms with E-state index in [9.17, 15) is 0 Å². The Balaban J connectivity index is 1.23. The van der Waals surface area contributed by atoms with Crippen LogP contribution in [-0.4, -0.2) is 0 Å². The molecule has 0 N–H and O–H groups in total. The van der Waals surface area contributed by atoms with Gasteiger partial charge >= 0.3 is 0 Å². The van der Waals surface area contributed by atoms with Crippen LogP contribution in [0, 0.1) is 11.8 Å². The van der Waals surface area contributed by atoms with Crippen molar-refractivity contribution in [2.45, 2.75) is 0 Å². The van der Waals surface area contributed by atoms with Gasteiger partial charge in [-0.3, -0.25) is 0 Å². The summed E-state index contributed by atoms with van der Waals surface area (Å²) in [6, 6.07) is 55.2. The second-order valence-corrected chi connectivity index (χ2v) is 9.23. The molecule has 0 saturated carbocycles. The van der Waals surface area contributed by atoms with Crippen LogP contribution in [0.15, 0.2) is 158 Å². The van der Waals surface area contributed by atoms with E-state index >= 15 is 0 Å². The van der Waals surface area contributed by atoms with Gasteiger partial charge in [-0.1, -0.05) is 145 Å². The van der Waals surface area contributed by atoms with Gasteiger partial charge in [0.05, 0.1) is 0 Å². The van der Waals surface area contributed by atoms with E-state index in [1.807, 2.05) is 0 Å². The maximum Gasteiger partial charge on any atom is 0.0249 e. The van der Waals surface area contributed by atoms with Crippen LogP contribution < -0.4 is 0 Å². The molecule has 0 aliphatic carbocycles. The van der Waals surface area contributed by atoms with Crippen LogP contribution in [0.5, 0.6) is 0 Å². The predicted molar refractivity (Wildman–Crippen MR) is 161 cm³/mol. The van der Waals surface area contributed by atoms with E-state index in [1.54, 1.807) is 0 Å². The fourth-order valence-electron chi connectivity index (χ4n) is 4.82. The molecule has 0 aliphatic heterocycles. The number of benzene rings is 6. The van der Waals surface area contributed by atoms with Gasteiger partial charge in [-0.2, -0.15) is 0 Å². The lowest BCUT2D eigenvalue weighted by molar-refractivity contribution is 1.56. The summed E-state index contributed by atoms with van der Waals surface area (Å²) in [4.78, 5) is 0. The lowest BCUT2D eigenvalue weighted by Crippen LogP contribution is -1.86. The molecule has 0 atom stereocenters. The Morgan fingerprint density at radius 3 is 0.816 bits per heavy atom. The highest BCUT2D eigenvalue weighted by atomic mass is 14.1. The van der Waals surface area contributed by atoms with E-state index in [0.29, 0.717) is 0 Å². The van der Waals surface area contributed by atoms with Crippen molar-refractivity contribution >= 4 is 0 Å². The maximum atomic E-state index is 3.33. The van der Waals surface area contributed by atoms with Gasteiger partial charge in [0.25, 0.3) is 0 Å². The second-order valence-electron chi connectivity index (χ2n) is 9.23. The van der Waals surface area contributed by atoms with Crippen LogP contribution in [0.4, 0.5) is 0 Å². The SMILES string of the molecule is C(#Cc1ccc(-c2ccccc2-c2ccccc2)cc1)c1ccc(-c2ccccc2-c2ccccc2)cc1. The van der Waals surface area contributed by atoms with Crippen molar-refractivity contribution in [3.63, 3.8) is 0 Å². The Morgan fingerprint density at radius 2 is 0.500 bits per heavy atom. The van der Waals surface area contributed by atoms with Gasteiger partial charge in [-0.15, -0.1) is 0 Å². The summed E-state index contributed by atoms with van der Waals surface area (Å²) < 4.78 is 0. The molecule has 178 valence electrons. The standard InChI is InChI=1S/C38H26/c1-3-11-31(12-4-1)35-15-7-9-17-37(35)33-25-21-29(22-26-33)19-20-30-23-27-34(28-24-30)38-18-10-8-16-36(38)32-13-5-2-6-14-32/h1-18,21-28H. The fourth-order valence-corrected chi connectivity index (χ4v) is 4.82. The summed E-state index contributed by atoms with van der Waals surface area (Å²) in [5, 5.41) is 0. The van der Waals surface area contributed by atoms with E-state index in [1.165, 1.54) is 44.5 Å². The summed E-state index contributed by atoms with van der Waals surface area (Å²) in [5.41, 5.74) is 11.8. The Hall–Kier alpha value is -5.12. The van der Waals surface area contributed by atoms with E-state index in [-0.39, 0.29) is 0 Å². The Kier molecular flexibility index (Phi) is 6.66. The van der Waals surface area contributed by atoms with E-state index < -0.39 is 0 Å². The summed E-state index contributed by atoms with van der Waals surface area (Å²) in [6.45, 7) is 0. The van der Waals surface area contributed by atoms with Crippen molar-refractivity contribution in [2.75, 3.05) is 0 Å². The summed E-state index contributed by atoms with van der Waals surface area (Å²) in [5.74, 6) is 6.66. The van der Waals surface area contributed by atoms with Gasteiger partial charge < -0.3 is 0 Å². The molecule has 6 aromatic rings. The molecule has 0 radical (unpaired) electrons. The third-order valence-corrected chi connectivity index (χ3v) is 6.77. The van der Waals surface area contributed by atoms with Gasteiger partial charge in [0.2, 0.25) is 0 Å². The van der Waals surface area contributed by atoms with Crippen LogP contribution in [-0.2, 0) is 0 Å². The van der Waals surface area contributed by atoms with Crippen LogP contribution in [0.3, 0.4) is 0 Å². The van der Waals surface area contributed by atoms with Crippen LogP contribution in [0.2, 0.25) is 0 Å². The first-order chi connectivity index (χ1) is 18.8. The van der Waals surface area contributed by atoms with Crippen molar-refractivity contribution in [1.29, 1.82) is 0 Å². The van der Waals surface area contributed by atoms with Crippen molar-refractivity contribution < 1.29 is 0 Å². The highest BCUT2D eigenvalue weighted by molar-refractivity contribution is 5.84. The number of hydrogen-bond acceptors (Lipinski definition) is 0. The quantitative estimate of drug-likeness (QED) is 0.219. The third kappa shape index (κ3) is 5.05. The molecular formula is C38H26. The Bertz CT molecular complexity index is 1580. The Labute approximate surface area is 224 Å². The lowest BCUT2D eigenvalue weighted by atomic mass is 9.94. The molecule has 0 bridgehead atoms. The maximum absolute atomic E-state index is 3.33. The molecule has 6 aromatic carbocycles. The molecule has 0 aromatic heterocycles. The van der Waals surface area contributed by atoms with Gasteiger partial charge in [-0.05, 0) is 68.8 Å². The minimum atomic E-state index is 1.00. The van der Waals surface area contributed by atoms with Gasteiger partial charge in [-0.25, -0.2) is 0 Å². The molecule has 0 heterocycles. The molecule has 0 aliphatic rings.